The summed E-state index contributed by atoms with van der Waals surface area (Å²) in [6.07, 6.45) is 3.40. The van der Waals surface area contributed by atoms with Gasteiger partial charge in [0, 0.05) is 36.1 Å². The van der Waals surface area contributed by atoms with Gasteiger partial charge in [0.1, 0.15) is 0 Å². The second kappa shape index (κ2) is 6.12. The maximum absolute atomic E-state index is 10.4. The third-order valence-corrected chi connectivity index (χ3v) is 4.40. The van der Waals surface area contributed by atoms with Crippen molar-refractivity contribution >= 4 is 5.65 Å². The molecule has 0 spiro atoms. The molecule has 0 amide bonds. The van der Waals surface area contributed by atoms with Crippen molar-refractivity contribution in [3.05, 3.63) is 29.2 Å². The summed E-state index contributed by atoms with van der Waals surface area (Å²) in [4.78, 5) is 4.47. The van der Waals surface area contributed by atoms with Gasteiger partial charge in [-0.15, -0.1) is 0 Å². The van der Waals surface area contributed by atoms with E-state index in [0.29, 0.717) is 6.54 Å². The molecule has 2 N–H and O–H groups in total. The molecule has 2 rings (SSSR count). The van der Waals surface area contributed by atoms with Gasteiger partial charge in [-0.1, -0.05) is 13.8 Å². The summed E-state index contributed by atoms with van der Waals surface area (Å²) in [5.74, 6) is 0. The van der Waals surface area contributed by atoms with Gasteiger partial charge < -0.3 is 10.4 Å². The molecule has 0 saturated heterocycles. The highest BCUT2D eigenvalue weighted by Gasteiger charge is 2.23. The molecule has 0 fully saturated rings. The van der Waals surface area contributed by atoms with Crippen LogP contribution in [0.25, 0.3) is 5.65 Å². The van der Waals surface area contributed by atoms with Crippen LogP contribution >= 0.6 is 0 Å². The first kappa shape index (κ1) is 15.9. The Morgan fingerprint density at radius 2 is 2.00 bits per heavy atom. The second-order valence-corrected chi connectivity index (χ2v) is 5.89. The van der Waals surface area contributed by atoms with Gasteiger partial charge >= 0.3 is 0 Å². The van der Waals surface area contributed by atoms with E-state index in [1.807, 2.05) is 37.5 Å². The minimum absolute atomic E-state index is 0.121. The van der Waals surface area contributed by atoms with E-state index in [-0.39, 0.29) is 6.04 Å². The Morgan fingerprint density at radius 3 is 2.62 bits per heavy atom. The highest BCUT2D eigenvalue weighted by atomic mass is 16.3. The van der Waals surface area contributed by atoms with Gasteiger partial charge in [-0.25, -0.2) is 9.50 Å². The lowest BCUT2D eigenvalue weighted by molar-refractivity contribution is 0.0303. The molecule has 21 heavy (non-hydrogen) atoms. The summed E-state index contributed by atoms with van der Waals surface area (Å²) in [6, 6.07) is 2.10. The van der Waals surface area contributed by atoms with Crippen molar-refractivity contribution in [2.75, 3.05) is 6.54 Å². The summed E-state index contributed by atoms with van der Waals surface area (Å²) in [7, 11) is 0. The second-order valence-electron chi connectivity index (χ2n) is 5.89. The molecule has 5 heteroatoms. The number of aryl methyl sites for hydroxylation is 2. The predicted molar refractivity (Wildman–Crippen MR) is 84.4 cm³/mol. The molecule has 0 aliphatic heterocycles. The van der Waals surface area contributed by atoms with Crippen LogP contribution in [-0.4, -0.2) is 31.9 Å². The molecule has 0 aliphatic carbocycles. The minimum Gasteiger partial charge on any atom is -0.389 e. The van der Waals surface area contributed by atoms with Crippen LogP contribution in [0.5, 0.6) is 0 Å². The summed E-state index contributed by atoms with van der Waals surface area (Å²) in [5.41, 5.74) is 3.40. The summed E-state index contributed by atoms with van der Waals surface area (Å²) in [5, 5.41) is 18.3. The fourth-order valence-electron chi connectivity index (χ4n) is 2.55. The Morgan fingerprint density at radius 1 is 1.33 bits per heavy atom. The van der Waals surface area contributed by atoms with E-state index in [2.05, 4.69) is 29.2 Å². The Kier molecular flexibility index (Phi) is 4.64. The van der Waals surface area contributed by atoms with Crippen LogP contribution in [0.3, 0.4) is 0 Å². The number of aromatic nitrogens is 3. The highest BCUT2D eigenvalue weighted by Crippen LogP contribution is 2.20. The van der Waals surface area contributed by atoms with Crippen molar-refractivity contribution < 1.29 is 5.11 Å². The largest absolute Gasteiger partial charge is 0.389 e. The predicted octanol–water partition coefficient (Wildman–Crippen LogP) is 2.55. The van der Waals surface area contributed by atoms with Crippen molar-refractivity contribution in [3.8, 4) is 0 Å². The number of hydrogen-bond donors (Lipinski definition) is 2. The summed E-state index contributed by atoms with van der Waals surface area (Å²) < 4.78 is 1.88. The molecule has 1 unspecified atom stereocenters. The summed E-state index contributed by atoms with van der Waals surface area (Å²) >= 11 is 0. The standard InChI is InChI=1S/C16H26N4O/c1-6-16(21,7-2)10-18-12(4)14-9-17-15-8-11(3)19-20(15)13(14)5/h8-9,12,18,21H,6-7,10H2,1-5H3. The molecular weight excluding hydrogens is 264 g/mol. The number of nitrogens with zero attached hydrogens (tertiary/aromatic N) is 3. The molecule has 0 radical (unpaired) electrons. The molecule has 1 atom stereocenters. The molecule has 0 aliphatic rings. The molecular formula is C16H26N4O. The van der Waals surface area contributed by atoms with Gasteiger partial charge in [0.25, 0.3) is 0 Å². The lowest BCUT2D eigenvalue weighted by Crippen LogP contribution is -2.40. The van der Waals surface area contributed by atoms with Crippen LogP contribution in [0.2, 0.25) is 0 Å². The smallest absolute Gasteiger partial charge is 0.155 e. The number of rotatable bonds is 6. The van der Waals surface area contributed by atoms with E-state index in [1.54, 1.807) is 0 Å². The molecule has 2 aromatic rings. The SMILES string of the molecule is CCC(O)(CC)CNC(C)c1cnc2cc(C)nn2c1C. The van der Waals surface area contributed by atoms with Crippen molar-refractivity contribution in [2.45, 2.75) is 59.1 Å². The Hall–Kier alpha value is -1.46. The molecule has 5 nitrogen and oxygen atoms in total. The van der Waals surface area contributed by atoms with Gasteiger partial charge in [0.15, 0.2) is 5.65 Å². The molecule has 0 bridgehead atoms. The normalized spacial score (nSPS) is 13.8. The van der Waals surface area contributed by atoms with Gasteiger partial charge in [0.2, 0.25) is 0 Å². The van der Waals surface area contributed by atoms with Crippen molar-refractivity contribution in [1.29, 1.82) is 0 Å². The van der Waals surface area contributed by atoms with E-state index < -0.39 is 5.60 Å². The molecule has 2 aromatic heterocycles. The fourth-order valence-corrected chi connectivity index (χ4v) is 2.55. The zero-order valence-electron chi connectivity index (χ0n) is 13.6. The lowest BCUT2D eigenvalue weighted by atomic mass is 9.96. The molecule has 0 saturated carbocycles. The van der Waals surface area contributed by atoms with Crippen LogP contribution in [-0.2, 0) is 0 Å². The molecule has 0 aromatic carbocycles. The van der Waals surface area contributed by atoms with E-state index in [0.717, 1.165) is 35.4 Å². The van der Waals surface area contributed by atoms with Gasteiger partial charge in [0.05, 0.1) is 11.3 Å². The lowest BCUT2D eigenvalue weighted by Gasteiger charge is -2.28. The average molecular weight is 290 g/mol. The Labute approximate surface area is 126 Å². The van der Waals surface area contributed by atoms with Crippen LogP contribution in [0.1, 0.15) is 56.6 Å². The van der Waals surface area contributed by atoms with E-state index in [1.165, 1.54) is 0 Å². The van der Waals surface area contributed by atoms with Crippen molar-refractivity contribution in [2.24, 2.45) is 0 Å². The topological polar surface area (TPSA) is 62.5 Å². The Bertz CT molecular complexity index is 616. The number of hydrogen-bond acceptors (Lipinski definition) is 4. The zero-order chi connectivity index (χ0) is 15.6. The highest BCUT2D eigenvalue weighted by molar-refractivity contribution is 5.42. The third kappa shape index (κ3) is 3.24. The quantitative estimate of drug-likeness (QED) is 0.858. The average Bonchev–Trinajstić information content (AvgIpc) is 2.86. The first-order chi connectivity index (χ1) is 9.90. The fraction of sp³-hybridized carbons (Fsp3) is 0.625. The van der Waals surface area contributed by atoms with Gasteiger partial charge in [-0.2, -0.15) is 5.10 Å². The van der Waals surface area contributed by atoms with Crippen LogP contribution in [0.15, 0.2) is 12.3 Å². The number of nitrogens with one attached hydrogen (secondary N) is 1. The van der Waals surface area contributed by atoms with Crippen LogP contribution in [0.4, 0.5) is 0 Å². The van der Waals surface area contributed by atoms with E-state index in [9.17, 15) is 5.11 Å². The first-order valence-corrected chi connectivity index (χ1v) is 7.68. The first-order valence-electron chi connectivity index (χ1n) is 7.68. The maximum atomic E-state index is 10.4. The van der Waals surface area contributed by atoms with Crippen LogP contribution < -0.4 is 5.32 Å². The number of fused-ring (bicyclic) bond motifs is 1. The molecule has 116 valence electrons. The Balaban J connectivity index is 2.19. The van der Waals surface area contributed by atoms with Crippen molar-refractivity contribution in [3.63, 3.8) is 0 Å². The summed E-state index contributed by atoms with van der Waals surface area (Å²) in [6.45, 7) is 10.7. The van der Waals surface area contributed by atoms with Gasteiger partial charge in [-0.3, -0.25) is 0 Å². The third-order valence-electron chi connectivity index (χ3n) is 4.40. The minimum atomic E-state index is -0.637. The van der Waals surface area contributed by atoms with Gasteiger partial charge in [-0.05, 0) is 33.6 Å². The zero-order valence-corrected chi connectivity index (χ0v) is 13.6. The van der Waals surface area contributed by atoms with E-state index >= 15 is 0 Å². The number of aliphatic hydroxyl groups is 1. The van der Waals surface area contributed by atoms with E-state index in [4.69, 9.17) is 0 Å². The molecule has 2 heterocycles. The monoisotopic (exact) mass is 290 g/mol. The maximum Gasteiger partial charge on any atom is 0.155 e. The van der Waals surface area contributed by atoms with Crippen molar-refractivity contribution in [1.82, 2.24) is 19.9 Å². The van der Waals surface area contributed by atoms with Crippen LogP contribution in [0, 0.1) is 13.8 Å².